The fourth-order valence-corrected chi connectivity index (χ4v) is 3.42. The Bertz CT molecular complexity index is 561. The lowest BCUT2D eigenvalue weighted by molar-refractivity contribution is 0.0718. The number of carbonyl (C=O) groups excluding carboxylic acids is 1. The van der Waals surface area contributed by atoms with Crippen molar-refractivity contribution in [3.8, 4) is 0 Å². The van der Waals surface area contributed by atoms with E-state index in [9.17, 15) is 4.79 Å². The highest BCUT2D eigenvalue weighted by atomic mass is 16.2. The van der Waals surface area contributed by atoms with Crippen LogP contribution in [0.1, 0.15) is 61.9 Å². The van der Waals surface area contributed by atoms with Gasteiger partial charge in [-0.25, -0.2) is 0 Å². The first-order valence-corrected chi connectivity index (χ1v) is 9.00. The van der Waals surface area contributed by atoms with Crippen LogP contribution in [0.15, 0.2) is 30.0 Å². The molecule has 0 unspecified atom stereocenters. The van der Waals surface area contributed by atoms with E-state index in [0.717, 1.165) is 44.6 Å². The number of pyridine rings is 1. The molecule has 1 fully saturated rings. The fraction of sp³-hybridized carbons (Fsp3) is 0.579. The molecule has 124 valence electrons. The number of hydrogen-bond acceptors (Lipinski definition) is 3. The highest BCUT2D eigenvalue weighted by Crippen LogP contribution is 2.20. The Kier molecular flexibility index (Phi) is 5.67. The number of nitrogens with one attached hydrogen (secondary N) is 1. The smallest absolute Gasteiger partial charge is 0.272 e. The number of rotatable bonds is 5. The SMILES string of the molecule is O=C(c1cc(NCCC2=CCCCC2)ccn1)N1CCCCC1. The molecule has 1 aromatic rings. The lowest BCUT2D eigenvalue weighted by Crippen LogP contribution is -2.36. The third-order valence-corrected chi connectivity index (χ3v) is 4.78. The minimum absolute atomic E-state index is 0.0725. The maximum Gasteiger partial charge on any atom is 0.272 e. The number of hydrogen-bond donors (Lipinski definition) is 1. The lowest BCUT2D eigenvalue weighted by atomic mass is 9.97. The molecule has 3 rings (SSSR count). The van der Waals surface area contributed by atoms with Crippen molar-refractivity contribution in [3.05, 3.63) is 35.7 Å². The molecule has 23 heavy (non-hydrogen) atoms. The molecule has 4 nitrogen and oxygen atoms in total. The van der Waals surface area contributed by atoms with Gasteiger partial charge in [0, 0.05) is 31.5 Å². The minimum Gasteiger partial charge on any atom is -0.385 e. The van der Waals surface area contributed by atoms with Crippen molar-refractivity contribution in [2.45, 2.75) is 51.4 Å². The molecule has 0 atom stereocenters. The van der Waals surface area contributed by atoms with E-state index in [2.05, 4.69) is 16.4 Å². The Balaban J connectivity index is 1.54. The van der Waals surface area contributed by atoms with E-state index in [1.807, 2.05) is 17.0 Å². The van der Waals surface area contributed by atoms with Gasteiger partial charge in [0.05, 0.1) is 0 Å². The third-order valence-electron chi connectivity index (χ3n) is 4.78. The van der Waals surface area contributed by atoms with Gasteiger partial charge in [0.1, 0.15) is 5.69 Å². The number of anilines is 1. The fourth-order valence-electron chi connectivity index (χ4n) is 3.42. The number of aromatic nitrogens is 1. The van der Waals surface area contributed by atoms with E-state index in [4.69, 9.17) is 0 Å². The standard InChI is InChI=1S/C19H27N3O/c23-19(22-13-5-2-6-14-22)18-15-17(10-12-21-18)20-11-9-16-7-3-1-4-8-16/h7,10,12,15H,1-6,8-9,11,13-14H2,(H,20,21). The van der Waals surface area contributed by atoms with Crippen molar-refractivity contribution >= 4 is 11.6 Å². The summed E-state index contributed by atoms with van der Waals surface area (Å²) in [4.78, 5) is 18.7. The highest BCUT2D eigenvalue weighted by molar-refractivity contribution is 5.93. The van der Waals surface area contributed by atoms with Crippen molar-refractivity contribution in [3.63, 3.8) is 0 Å². The topological polar surface area (TPSA) is 45.2 Å². The quantitative estimate of drug-likeness (QED) is 0.835. The number of amides is 1. The zero-order valence-electron chi connectivity index (χ0n) is 13.9. The molecule has 2 aliphatic rings. The van der Waals surface area contributed by atoms with Crippen molar-refractivity contribution in [2.75, 3.05) is 25.0 Å². The lowest BCUT2D eigenvalue weighted by Gasteiger charge is -2.26. The van der Waals surface area contributed by atoms with Crippen LogP contribution in [0.4, 0.5) is 5.69 Å². The van der Waals surface area contributed by atoms with Crippen LogP contribution in [0.3, 0.4) is 0 Å². The van der Waals surface area contributed by atoms with Gasteiger partial charge < -0.3 is 10.2 Å². The average molecular weight is 313 g/mol. The Morgan fingerprint density at radius 3 is 2.83 bits per heavy atom. The molecule has 0 spiro atoms. The molecule has 1 amide bonds. The van der Waals surface area contributed by atoms with Crippen molar-refractivity contribution in [1.29, 1.82) is 0 Å². The average Bonchev–Trinajstić information content (AvgIpc) is 2.63. The summed E-state index contributed by atoms with van der Waals surface area (Å²) in [6.45, 7) is 2.66. The van der Waals surface area contributed by atoms with Crippen LogP contribution in [0.25, 0.3) is 0 Å². The summed E-state index contributed by atoms with van der Waals surface area (Å²) in [7, 11) is 0. The van der Waals surface area contributed by atoms with Crippen molar-refractivity contribution in [1.82, 2.24) is 9.88 Å². The van der Waals surface area contributed by atoms with Gasteiger partial charge in [-0.3, -0.25) is 9.78 Å². The van der Waals surface area contributed by atoms with Crippen LogP contribution in [0.2, 0.25) is 0 Å². The van der Waals surface area contributed by atoms with E-state index in [-0.39, 0.29) is 5.91 Å². The predicted molar refractivity (Wildman–Crippen MR) is 93.6 cm³/mol. The van der Waals surface area contributed by atoms with Crippen LogP contribution in [0.5, 0.6) is 0 Å². The number of carbonyl (C=O) groups is 1. The third kappa shape index (κ3) is 4.57. The molecular formula is C19H27N3O. The number of likely N-dealkylation sites (tertiary alicyclic amines) is 1. The first kappa shape index (κ1) is 16.0. The molecule has 2 heterocycles. The number of allylic oxidation sites excluding steroid dienone is 1. The molecule has 1 N–H and O–H groups in total. The molecule has 1 aliphatic carbocycles. The van der Waals surface area contributed by atoms with Gasteiger partial charge in [-0.2, -0.15) is 0 Å². The molecule has 0 saturated carbocycles. The summed E-state index contributed by atoms with van der Waals surface area (Å²) in [5.74, 6) is 0.0725. The molecule has 0 aromatic carbocycles. The van der Waals surface area contributed by atoms with E-state index < -0.39 is 0 Å². The zero-order valence-corrected chi connectivity index (χ0v) is 13.9. The number of nitrogens with zero attached hydrogens (tertiary/aromatic N) is 2. The largest absolute Gasteiger partial charge is 0.385 e. The van der Waals surface area contributed by atoms with Gasteiger partial charge in [0.2, 0.25) is 0 Å². The van der Waals surface area contributed by atoms with Crippen LogP contribution in [0, 0.1) is 0 Å². The maximum absolute atomic E-state index is 12.5. The zero-order chi connectivity index (χ0) is 15.9. The van der Waals surface area contributed by atoms with Gasteiger partial charge in [-0.1, -0.05) is 11.6 Å². The van der Waals surface area contributed by atoms with Crippen LogP contribution < -0.4 is 5.32 Å². The number of piperidine rings is 1. The molecule has 0 bridgehead atoms. The second-order valence-corrected chi connectivity index (χ2v) is 6.57. The highest BCUT2D eigenvalue weighted by Gasteiger charge is 2.19. The molecular weight excluding hydrogens is 286 g/mol. The van der Waals surface area contributed by atoms with Gasteiger partial charge in [-0.05, 0) is 63.5 Å². The summed E-state index contributed by atoms with van der Waals surface area (Å²) in [5, 5.41) is 3.44. The Morgan fingerprint density at radius 2 is 2.04 bits per heavy atom. The maximum atomic E-state index is 12.5. The second kappa shape index (κ2) is 8.14. The van der Waals surface area contributed by atoms with E-state index in [0.29, 0.717) is 5.69 Å². The van der Waals surface area contributed by atoms with Crippen molar-refractivity contribution in [2.24, 2.45) is 0 Å². The van der Waals surface area contributed by atoms with Gasteiger partial charge in [0.25, 0.3) is 5.91 Å². The molecule has 1 aromatic heterocycles. The first-order chi connectivity index (χ1) is 11.3. The molecule has 1 saturated heterocycles. The van der Waals surface area contributed by atoms with Gasteiger partial charge >= 0.3 is 0 Å². The molecule has 1 aliphatic heterocycles. The molecule has 4 heteroatoms. The summed E-state index contributed by atoms with van der Waals surface area (Å²) in [6.07, 6.45) is 13.8. The normalized spacial score (nSPS) is 18.4. The first-order valence-electron chi connectivity index (χ1n) is 9.00. The summed E-state index contributed by atoms with van der Waals surface area (Å²) in [5.41, 5.74) is 3.13. The Labute approximate surface area is 139 Å². The molecule has 0 radical (unpaired) electrons. The summed E-state index contributed by atoms with van der Waals surface area (Å²) in [6, 6.07) is 3.84. The monoisotopic (exact) mass is 313 g/mol. The van der Waals surface area contributed by atoms with Crippen molar-refractivity contribution < 1.29 is 4.79 Å². The van der Waals surface area contributed by atoms with E-state index in [1.54, 1.807) is 11.8 Å². The van der Waals surface area contributed by atoms with Crippen LogP contribution in [-0.4, -0.2) is 35.4 Å². The van der Waals surface area contributed by atoms with Crippen LogP contribution >= 0.6 is 0 Å². The van der Waals surface area contributed by atoms with Gasteiger partial charge in [0.15, 0.2) is 0 Å². The van der Waals surface area contributed by atoms with Crippen LogP contribution in [-0.2, 0) is 0 Å². The van der Waals surface area contributed by atoms with E-state index in [1.165, 1.54) is 32.1 Å². The Hall–Kier alpha value is -1.84. The second-order valence-electron chi connectivity index (χ2n) is 6.57. The summed E-state index contributed by atoms with van der Waals surface area (Å²) < 4.78 is 0. The summed E-state index contributed by atoms with van der Waals surface area (Å²) >= 11 is 0. The van der Waals surface area contributed by atoms with E-state index >= 15 is 0 Å². The van der Waals surface area contributed by atoms with Gasteiger partial charge in [-0.15, -0.1) is 0 Å². The Morgan fingerprint density at radius 1 is 1.17 bits per heavy atom. The minimum atomic E-state index is 0.0725. The predicted octanol–water partition coefficient (Wildman–Crippen LogP) is 4.01.